The maximum absolute atomic E-state index is 12.4. The van der Waals surface area contributed by atoms with Crippen molar-refractivity contribution < 1.29 is 4.79 Å². The first-order valence-electron chi connectivity index (χ1n) is 9.73. The number of hydrogen-bond donors (Lipinski definition) is 3. The van der Waals surface area contributed by atoms with Gasteiger partial charge in [-0.3, -0.25) is 9.59 Å². The molecule has 4 heterocycles. The van der Waals surface area contributed by atoms with Gasteiger partial charge in [0.1, 0.15) is 11.2 Å². The van der Waals surface area contributed by atoms with Crippen LogP contribution in [0.5, 0.6) is 0 Å². The molecule has 5 aromatic rings. The fourth-order valence-electron chi connectivity index (χ4n) is 3.87. The van der Waals surface area contributed by atoms with E-state index in [1.54, 1.807) is 23.9 Å². The fourth-order valence-corrected chi connectivity index (χ4v) is 3.87. The van der Waals surface area contributed by atoms with Crippen molar-refractivity contribution in [3.05, 3.63) is 83.2 Å². The van der Waals surface area contributed by atoms with E-state index >= 15 is 0 Å². The summed E-state index contributed by atoms with van der Waals surface area (Å²) in [5, 5.41) is 1.82. The van der Waals surface area contributed by atoms with Gasteiger partial charge in [-0.2, -0.15) is 0 Å². The molecule has 0 aliphatic rings. The third-order valence-corrected chi connectivity index (χ3v) is 5.38. The van der Waals surface area contributed by atoms with Gasteiger partial charge in [0.2, 0.25) is 5.91 Å². The highest BCUT2D eigenvalue weighted by Crippen LogP contribution is 2.34. The van der Waals surface area contributed by atoms with Crippen molar-refractivity contribution >= 4 is 33.9 Å². The molecule has 7 heteroatoms. The summed E-state index contributed by atoms with van der Waals surface area (Å²) in [5.41, 5.74) is 11.2. The zero-order valence-corrected chi connectivity index (χ0v) is 16.7. The van der Waals surface area contributed by atoms with Crippen LogP contribution in [-0.4, -0.2) is 25.4 Å². The molecule has 0 atom stereocenters. The van der Waals surface area contributed by atoms with E-state index in [1.807, 2.05) is 48.9 Å². The summed E-state index contributed by atoms with van der Waals surface area (Å²) >= 11 is 0. The summed E-state index contributed by atoms with van der Waals surface area (Å²) < 4.78 is 1.58. The number of aromatic nitrogens is 4. The third-order valence-electron chi connectivity index (χ3n) is 5.38. The molecule has 0 bridgehead atoms. The molecule has 7 nitrogen and oxygen atoms in total. The van der Waals surface area contributed by atoms with Crippen LogP contribution < -0.4 is 11.3 Å². The SMILES string of the molecule is Cn1cc(-c2c[nH]c3ncc(-c4cccc(/C=C/C(N)=O)c4)cc23)c2cc[nH]c2c1=O. The predicted octanol–water partition coefficient (Wildman–Crippen LogP) is 3.58. The van der Waals surface area contributed by atoms with E-state index in [4.69, 9.17) is 5.73 Å². The Morgan fingerprint density at radius 3 is 2.81 bits per heavy atom. The zero-order valence-electron chi connectivity index (χ0n) is 16.7. The van der Waals surface area contributed by atoms with Gasteiger partial charge < -0.3 is 20.3 Å². The van der Waals surface area contributed by atoms with E-state index in [0.717, 1.165) is 44.2 Å². The number of H-pyrrole nitrogens is 2. The smallest absolute Gasteiger partial charge is 0.274 e. The number of primary amides is 1. The lowest BCUT2D eigenvalue weighted by molar-refractivity contribution is -0.113. The van der Waals surface area contributed by atoms with Gasteiger partial charge >= 0.3 is 0 Å². The maximum Gasteiger partial charge on any atom is 0.274 e. The number of nitrogens with zero attached hydrogens (tertiary/aromatic N) is 2. The minimum Gasteiger partial charge on any atom is -0.366 e. The highest BCUT2D eigenvalue weighted by atomic mass is 16.1. The first-order valence-corrected chi connectivity index (χ1v) is 9.73. The molecule has 31 heavy (non-hydrogen) atoms. The van der Waals surface area contributed by atoms with Gasteiger partial charge in [-0.1, -0.05) is 18.2 Å². The molecular formula is C24H19N5O2. The summed E-state index contributed by atoms with van der Waals surface area (Å²) in [4.78, 5) is 34.3. The molecule has 0 spiro atoms. The predicted molar refractivity (Wildman–Crippen MR) is 122 cm³/mol. The van der Waals surface area contributed by atoms with Crippen LogP contribution in [0, 0.1) is 0 Å². The summed E-state index contributed by atoms with van der Waals surface area (Å²) in [6.07, 6.45) is 10.4. The summed E-state index contributed by atoms with van der Waals surface area (Å²) in [5.74, 6) is -0.487. The van der Waals surface area contributed by atoms with Gasteiger partial charge in [-0.05, 0) is 35.4 Å². The number of hydrogen-bond acceptors (Lipinski definition) is 3. The Bertz CT molecular complexity index is 1550. The maximum atomic E-state index is 12.4. The van der Waals surface area contributed by atoms with E-state index in [-0.39, 0.29) is 5.56 Å². The van der Waals surface area contributed by atoms with Crippen molar-refractivity contribution in [3.63, 3.8) is 0 Å². The molecule has 152 valence electrons. The Labute approximate surface area is 176 Å². The number of aryl methyl sites for hydroxylation is 1. The van der Waals surface area contributed by atoms with Gasteiger partial charge in [-0.25, -0.2) is 4.98 Å². The molecule has 4 aromatic heterocycles. The lowest BCUT2D eigenvalue weighted by Crippen LogP contribution is -2.16. The highest BCUT2D eigenvalue weighted by Gasteiger charge is 2.15. The van der Waals surface area contributed by atoms with Crippen molar-refractivity contribution in [2.45, 2.75) is 0 Å². The van der Waals surface area contributed by atoms with E-state index in [1.165, 1.54) is 6.08 Å². The van der Waals surface area contributed by atoms with Crippen LogP contribution in [0.25, 0.3) is 50.3 Å². The van der Waals surface area contributed by atoms with Gasteiger partial charge in [0.05, 0.1) is 0 Å². The summed E-state index contributed by atoms with van der Waals surface area (Å²) in [6.45, 7) is 0. The molecule has 0 saturated heterocycles. The number of nitrogens with two attached hydrogens (primary N) is 1. The number of fused-ring (bicyclic) bond motifs is 2. The molecule has 0 aliphatic carbocycles. The van der Waals surface area contributed by atoms with Crippen molar-refractivity contribution in [3.8, 4) is 22.3 Å². The number of benzene rings is 1. The zero-order chi connectivity index (χ0) is 21.5. The Hall–Kier alpha value is -4.39. The average Bonchev–Trinajstić information content (AvgIpc) is 3.42. The van der Waals surface area contributed by atoms with Gasteiger partial charge in [-0.15, -0.1) is 0 Å². The van der Waals surface area contributed by atoms with Gasteiger partial charge in [0, 0.05) is 65.4 Å². The normalized spacial score (nSPS) is 11.6. The summed E-state index contributed by atoms with van der Waals surface area (Å²) in [7, 11) is 1.75. The van der Waals surface area contributed by atoms with Crippen LogP contribution in [-0.2, 0) is 11.8 Å². The van der Waals surface area contributed by atoms with Crippen LogP contribution in [0.2, 0.25) is 0 Å². The average molecular weight is 409 g/mol. The van der Waals surface area contributed by atoms with Crippen LogP contribution in [0.4, 0.5) is 0 Å². The first kappa shape index (κ1) is 18.6. The topological polar surface area (TPSA) is 110 Å². The van der Waals surface area contributed by atoms with Crippen molar-refractivity contribution in [2.75, 3.05) is 0 Å². The molecule has 0 fully saturated rings. The van der Waals surface area contributed by atoms with Crippen LogP contribution >= 0.6 is 0 Å². The molecule has 0 saturated carbocycles. The molecule has 0 unspecified atom stereocenters. The summed E-state index contributed by atoms with van der Waals surface area (Å²) in [6, 6.07) is 11.8. The molecular weight excluding hydrogens is 390 g/mol. The second kappa shape index (κ2) is 7.14. The molecule has 5 rings (SSSR count). The van der Waals surface area contributed by atoms with Crippen molar-refractivity contribution in [2.24, 2.45) is 12.8 Å². The van der Waals surface area contributed by atoms with Crippen molar-refractivity contribution in [1.29, 1.82) is 0 Å². The molecule has 0 radical (unpaired) electrons. The largest absolute Gasteiger partial charge is 0.366 e. The molecule has 4 N–H and O–H groups in total. The highest BCUT2D eigenvalue weighted by molar-refractivity contribution is 6.04. The molecule has 1 aromatic carbocycles. The first-order chi connectivity index (χ1) is 15.0. The fraction of sp³-hybridized carbons (Fsp3) is 0.0417. The number of rotatable bonds is 4. The van der Waals surface area contributed by atoms with Crippen LogP contribution in [0.15, 0.2) is 72.1 Å². The standard InChI is InChI=1S/C24H19N5O2/c1-29-13-20(17-7-8-26-22(17)24(29)31)19-12-28-23-18(19)10-16(11-27-23)15-4-2-3-14(9-15)5-6-21(25)30/h2-13,26H,1H3,(H2,25,30)(H,27,28)/b6-5+. The Kier molecular flexibility index (Phi) is 4.29. The van der Waals surface area contributed by atoms with E-state index in [2.05, 4.69) is 21.0 Å². The number of carbonyl (C=O) groups is 1. The Balaban J connectivity index is 1.67. The lowest BCUT2D eigenvalue weighted by atomic mass is 10.00. The Morgan fingerprint density at radius 1 is 1.10 bits per heavy atom. The minimum absolute atomic E-state index is 0.0664. The molecule has 0 aliphatic heterocycles. The van der Waals surface area contributed by atoms with Gasteiger partial charge in [0.25, 0.3) is 5.56 Å². The molecule has 1 amide bonds. The van der Waals surface area contributed by atoms with Crippen LogP contribution in [0.1, 0.15) is 5.56 Å². The van der Waals surface area contributed by atoms with Crippen LogP contribution in [0.3, 0.4) is 0 Å². The number of nitrogens with one attached hydrogen (secondary N) is 2. The lowest BCUT2D eigenvalue weighted by Gasteiger charge is -2.07. The monoisotopic (exact) mass is 409 g/mol. The quantitative estimate of drug-likeness (QED) is 0.395. The third kappa shape index (κ3) is 3.22. The Morgan fingerprint density at radius 2 is 1.97 bits per heavy atom. The van der Waals surface area contributed by atoms with E-state index in [0.29, 0.717) is 5.52 Å². The van der Waals surface area contributed by atoms with E-state index < -0.39 is 5.91 Å². The second-order valence-electron chi connectivity index (χ2n) is 7.41. The number of pyridine rings is 2. The number of aromatic amines is 2. The van der Waals surface area contributed by atoms with Crippen molar-refractivity contribution in [1.82, 2.24) is 19.5 Å². The van der Waals surface area contributed by atoms with E-state index in [9.17, 15) is 9.59 Å². The number of carbonyl (C=O) groups excluding carboxylic acids is 1. The number of amides is 1. The second-order valence-corrected chi connectivity index (χ2v) is 7.41. The van der Waals surface area contributed by atoms with Gasteiger partial charge in [0.15, 0.2) is 0 Å². The minimum atomic E-state index is -0.487.